The molecule has 1 nitrogen and oxygen atoms in total. The molecule has 1 atom stereocenters. The zero-order chi connectivity index (χ0) is 11.8. The average Bonchev–Trinajstić information content (AvgIpc) is 2.31. The smallest absolute Gasteiger partial charge is 0.0434 e. The van der Waals surface area contributed by atoms with Gasteiger partial charge in [0.2, 0.25) is 0 Å². The third-order valence-electron chi connectivity index (χ3n) is 3.25. The van der Waals surface area contributed by atoms with Crippen molar-refractivity contribution in [1.29, 1.82) is 0 Å². The second kappa shape index (κ2) is 7.43. The minimum atomic E-state index is 0.664. The van der Waals surface area contributed by atoms with Crippen molar-refractivity contribution in [2.45, 2.75) is 65.2 Å². The summed E-state index contributed by atoms with van der Waals surface area (Å²) < 4.78 is 0. The second-order valence-electron chi connectivity index (χ2n) is 4.71. The van der Waals surface area contributed by atoms with Gasteiger partial charge in [-0.2, -0.15) is 0 Å². The van der Waals surface area contributed by atoms with Gasteiger partial charge in [0, 0.05) is 17.8 Å². The fourth-order valence-corrected chi connectivity index (χ4v) is 2.10. The van der Waals surface area contributed by atoms with Crippen LogP contribution in [0.2, 0.25) is 0 Å². The molecule has 0 fully saturated rings. The minimum absolute atomic E-state index is 0.664. The van der Waals surface area contributed by atoms with E-state index in [1.165, 1.54) is 49.8 Å². The normalized spacial score (nSPS) is 12.7. The van der Waals surface area contributed by atoms with E-state index in [0.29, 0.717) is 5.92 Å². The Hall–Kier alpha value is -0.850. The Balaban J connectivity index is 2.44. The minimum Gasteiger partial charge on any atom is -0.261 e. The molecule has 0 amide bonds. The van der Waals surface area contributed by atoms with Crippen molar-refractivity contribution < 1.29 is 0 Å². The molecule has 1 aromatic heterocycles. The average molecular weight is 219 g/mol. The van der Waals surface area contributed by atoms with E-state index in [1.54, 1.807) is 0 Å². The van der Waals surface area contributed by atoms with Crippen molar-refractivity contribution in [1.82, 2.24) is 4.98 Å². The Bertz CT molecular complexity index is 276. The monoisotopic (exact) mass is 219 g/mol. The third-order valence-corrected chi connectivity index (χ3v) is 3.25. The predicted octanol–water partition coefficient (Wildman–Crippen LogP) is 4.85. The first-order valence-corrected chi connectivity index (χ1v) is 6.70. The lowest BCUT2D eigenvalue weighted by atomic mass is 9.94. The molecule has 1 unspecified atom stereocenters. The van der Waals surface area contributed by atoms with Crippen LogP contribution in [0, 0.1) is 6.92 Å². The molecule has 1 aromatic rings. The first kappa shape index (κ1) is 13.2. The number of aryl methyl sites for hydroxylation is 1. The summed E-state index contributed by atoms with van der Waals surface area (Å²) >= 11 is 0. The summed E-state index contributed by atoms with van der Waals surface area (Å²) in [5, 5.41) is 0. The lowest BCUT2D eigenvalue weighted by molar-refractivity contribution is 0.533. The summed E-state index contributed by atoms with van der Waals surface area (Å²) in [5.74, 6) is 0.664. The van der Waals surface area contributed by atoms with Crippen molar-refractivity contribution in [2.75, 3.05) is 0 Å². The van der Waals surface area contributed by atoms with E-state index in [0.717, 1.165) is 0 Å². The maximum atomic E-state index is 4.55. The van der Waals surface area contributed by atoms with E-state index < -0.39 is 0 Å². The van der Waals surface area contributed by atoms with Gasteiger partial charge in [-0.15, -0.1) is 0 Å². The van der Waals surface area contributed by atoms with E-state index in [-0.39, 0.29) is 0 Å². The van der Waals surface area contributed by atoms with Crippen molar-refractivity contribution in [3.8, 4) is 0 Å². The summed E-state index contributed by atoms with van der Waals surface area (Å²) in [6.07, 6.45) is 9.91. The van der Waals surface area contributed by atoms with Crippen molar-refractivity contribution in [2.24, 2.45) is 0 Å². The lowest BCUT2D eigenvalue weighted by Crippen LogP contribution is -2.00. The van der Waals surface area contributed by atoms with Crippen LogP contribution in [0.4, 0.5) is 0 Å². The van der Waals surface area contributed by atoms with Gasteiger partial charge in [-0.25, -0.2) is 0 Å². The zero-order valence-corrected chi connectivity index (χ0v) is 11.0. The fourth-order valence-electron chi connectivity index (χ4n) is 2.10. The first-order chi connectivity index (χ1) is 7.77. The molecule has 1 heterocycles. The van der Waals surface area contributed by atoms with Crippen LogP contribution in [0.5, 0.6) is 0 Å². The first-order valence-electron chi connectivity index (χ1n) is 6.70. The molecule has 0 aliphatic rings. The van der Waals surface area contributed by atoms with Crippen LogP contribution < -0.4 is 0 Å². The van der Waals surface area contributed by atoms with Crippen LogP contribution in [-0.4, -0.2) is 4.98 Å². The van der Waals surface area contributed by atoms with Crippen LogP contribution in [0.1, 0.15) is 69.5 Å². The second-order valence-corrected chi connectivity index (χ2v) is 4.71. The van der Waals surface area contributed by atoms with E-state index in [1.807, 2.05) is 6.20 Å². The topological polar surface area (TPSA) is 12.9 Å². The molecular weight excluding hydrogens is 194 g/mol. The Morgan fingerprint density at radius 2 is 1.94 bits per heavy atom. The highest BCUT2D eigenvalue weighted by atomic mass is 14.7. The van der Waals surface area contributed by atoms with Gasteiger partial charge in [0.25, 0.3) is 0 Å². The largest absolute Gasteiger partial charge is 0.261 e. The van der Waals surface area contributed by atoms with Crippen LogP contribution in [0.15, 0.2) is 18.3 Å². The molecule has 0 aliphatic carbocycles. The van der Waals surface area contributed by atoms with Crippen LogP contribution >= 0.6 is 0 Å². The maximum absolute atomic E-state index is 4.55. The Kier molecular flexibility index (Phi) is 6.14. The molecule has 0 N–H and O–H groups in total. The molecule has 16 heavy (non-hydrogen) atoms. The lowest BCUT2D eigenvalue weighted by Gasteiger charge is -2.14. The van der Waals surface area contributed by atoms with Crippen LogP contribution in [0.25, 0.3) is 0 Å². The Morgan fingerprint density at radius 3 is 2.50 bits per heavy atom. The van der Waals surface area contributed by atoms with Gasteiger partial charge >= 0.3 is 0 Å². The molecule has 0 spiro atoms. The van der Waals surface area contributed by atoms with E-state index in [9.17, 15) is 0 Å². The van der Waals surface area contributed by atoms with Gasteiger partial charge < -0.3 is 0 Å². The summed E-state index contributed by atoms with van der Waals surface area (Å²) in [6, 6.07) is 4.38. The number of hydrogen-bond donors (Lipinski definition) is 0. The number of hydrogen-bond acceptors (Lipinski definition) is 1. The number of pyridine rings is 1. The van der Waals surface area contributed by atoms with Gasteiger partial charge in [-0.1, -0.05) is 45.6 Å². The van der Waals surface area contributed by atoms with Crippen molar-refractivity contribution in [3.05, 3.63) is 29.6 Å². The molecule has 0 saturated carbocycles. The molecule has 0 aliphatic heterocycles. The van der Waals surface area contributed by atoms with Gasteiger partial charge in [0.1, 0.15) is 0 Å². The van der Waals surface area contributed by atoms with Gasteiger partial charge in [0.15, 0.2) is 0 Å². The molecule has 0 saturated heterocycles. The highest BCUT2D eigenvalue weighted by Crippen LogP contribution is 2.24. The summed E-state index contributed by atoms with van der Waals surface area (Å²) in [7, 11) is 0. The molecule has 0 radical (unpaired) electrons. The molecule has 1 rings (SSSR count). The van der Waals surface area contributed by atoms with Gasteiger partial charge in [0.05, 0.1) is 0 Å². The molecule has 90 valence electrons. The third kappa shape index (κ3) is 4.34. The summed E-state index contributed by atoms with van der Waals surface area (Å²) in [5.41, 5.74) is 2.54. The van der Waals surface area contributed by atoms with Crippen LogP contribution in [-0.2, 0) is 0 Å². The number of unbranched alkanes of at least 4 members (excludes halogenated alkanes) is 3. The van der Waals surface area contributed by atoms with E-state index >= 15 is 0 Å². The molecular formula is C15H25N. The summed E-state index contributed by atoms with van der Waals surface area (Å²) in [4.78, 5) is 4.55. The van der Waals surface area contributed by atoms with E-state index in [2.05, 4.69) is 37.9 Å². The van der Waals surface area contributed by atoms with E-state index in [4.69, 9.17) is 0 Å². The summed E-state index contributed by atoms with van der Waals surface area (Å²) in [6.45, 7) is 6.63. The highest BCUT2D eigenvalue weighted by molar-refractivity contribution is 5.15. The highest BCUT2D eigenvalue weighted by Gasteiger charge is 2.09. The number of rotatable bonds is 7. The molecule has 0 aromatic carbocycles. The fraction of sp³-hybridized carbons (Fsp3) is 0.667. The van der Waals surface area contributed by atoms with Crippen molar-refractivity contribution >= 4 is 0 Å². The Labute approximate surface area is 100 Å². The van der Waals surface area contributed by atoms with Gasteiger partial charge in [-0.3, -0.25) is 4.98 Å². The quantitative estimate of drug-likeness (QED) is 0.597. The Morgan fingerprint density at radius 1 is 1.12 bits per heavy atom. The van der Waals surface area contributed by atoms with Crippen molar-refractivity contribution in [3.63, 3.8) is 0 Å². The number of nitrogens with zero attached hydrogens (tertiary/aromatic N) is 1. The van der Waals surface area contributed by atoms with Gasteiger partial charge in [-0.05, 0) is 31.4 Å². The standard InChI is InChI=1S/C15H25N/c1-4-6-7-8-9-14(5-2)15-11-10-13(3)12-16-15/h10-12,14H,4-9H2,1-3H3. The predicted molar refractivity (Wildman–Crippen MR) is 70.8 cm³/mol. The number of aromatic nitrogens is 1. The SMILES string of the molecule is CCCCCCC(CC)c1ccc(C)cn1. The molecule has 1 heteroatoms. The van der Waals surface area contributed by atoms with Crippen LogP contribution in [0.3, 0.4) is 0 Å². The maximum Gasteiger partial charge on any atom is 0.0434 e. The molecule has 0 bridgehead atoms. The zero-order valence-electron chi connectivity index (χ0n) is 11.0.